The molecule has 0 bridgehead atoms. The summed E-state index contributed by atoms with van der Waals surface area (Å²) in [4.78, 5) is 20.7. The Labute approximate surface area is 134 Å². The van der Waals surface area contributed by atoms with Gasteiger partial charge in [0, 0.05) is 12.5 Å². The molecule has 0 fully saturated rings. The van der Waals surface area contributed by atoms with Crippen LogP contribution >= 0.6 is 0 Å². The van der Waals surface area contributed by atoms with E-state index in [0.717, 1.165) is 5.56 Å². The van der Waals surface area contributed by atoms with Crippen LogP contribution in [0.25, 0.3) is 5.53 Å². The van der Waals surface area contributed by atoms with Gasteiger partial charge in [-0.1, -0.05) is 53.7 Å². The number of ketones is 1. The van der Waals surface area contributed by atoms with Gasteiger partial charge in [-0.2, -0.15) is 4.79 Å². The van der Waals surface area contributed by atoms with E-state index in [0.29, 0.717) is 11.5 Å². The van der Waals surface area contributed by atoms with Crippen molar-refractivity contribution in [3.8, 4) is 5.75 Å². The molecule has 5 nitrogen and oxygen atoms in total. The van der Waals surface area contributed by atoms with E-state index >= 15 is 0 Å². The number of hydrogen-bond donors (Lipinski definition) is 0. The lowest BCUT2D eigenvalue weighted by Crippen LogP contribution is -2.28. The molecule has 0 amide bonds. The highest BCUT2D eigenvalue weighted by Gasteiger charge is 2.28. The number of carbonyl (C=O) groups is 1. The molecule has 2 aromatic rings. The number of Topliss-reactive ketones (excluding diaryl/α,β-unsaturated/α-hetero) is 1. The van der Waals surface area contributed by atoms with Gasteiger partial charge in [0.05, 0.1) is 11.6 Å². The van der Waals surface area contributed by atoms with Crippen LogP contribution in [0.1, 0.15) is 19.4 Å². The van der Waals surface area contributed by atoms with Gasteiger partial charge >= 0.3 is 5.71 Å². The van der Waals surface area contributed by atoms with E-state index in [1.807, 2.05) is 48.5 Å². The van der Waals surface area contributed by atoms with Gasteiger partial charge in [0.2, 0.25) is 5.78 Å². The van der Waals surface area contributed by atoms with Crippen LogP contribution in [0, 0.1) is 5.92 Å². The number of benzene rings is 2. The molecule has 0 aliphatic carbocycles. The van der Waals surface area contributed by atoms with Gasteiger partial charge < -0.3 is 10.4 Å². The van der Waals surface area contributed by atoms with Crippen LogP contribution in [0.15, 0.2) is 65.8 Å². The molecule has 0 saturated heterocycles. The topological polar surface area (TPSA) is 75.1 Å². The van der Waals surface area contributed by atoms with Gasteiger partial charge in [0.25, 0.3) is 0 Å². The molecule has 116 valence electrons. The third-order valence-corrected chi connectivity index (χ3v) is 3.37. The summed E-state index contributed by atoms with van der Waals surface area (Å²) < 4.78 is 0. The highest BCUT2D eigenvalue weighted by Crippen LogP contribution is 2.15. The molecule has 0 aliphatic rings. The first-order chi connectivity index (χ1) is 11.1. The van der Waals surface area contributed by atoms with E-state index in [9.17, 15) is 4.79 Å². The molecule has 1 unspecified atom stereocenters. The lowest BCUT2D eigenvalue weighted by atomic mass is 9.93. The van der Waals surface area contributed by atoms with Crippen molar-refractivity contribution in [1.82, 2.24) is 0 Å². The average molecular weight is 307 g/mol. The Balaban J connectivity index is 2.36. The monoisotopic (exact) mass is 307 g/mol. The predicted molar refractivity (Wildman–Crippen MR) is 88.5 cm³/mol. The Bertz CT molecular complexity index is 748. The lowest BCUT2D eigenvalue weighted by molar-refractivity contribution is -0.118. The Kier molecular flexibility index (Phi) is 5.56. The van der Waals surface area contributed by atoms with Crippen molar-refractivity contribution in [3.05, 3.63) is 71.8 Å². The minimum absolute atomic E-state index is 0.0286. The van der Waals surface area contributed by atoms with Crippen molar-refractivity contribution in [2.24, 2.45) is 11.1 Å². The quantitative estimate of drug-likeness (QED) is 0.355. The third kappa shape index (κ3) is 4.22. The van der Waals surface area contributed by atoms with Crippen molar-refractivity contribution < 1.29 is 14.4 Å². The molecule has 23 heavy (non-hydrogen) atoms. The molecule has 0 saturated carbocycles. The second kappa shape index (κ2) is 7.82. The van der Waals surface area contributed by atoms with Crippen molar-refractivity contribution in [3.63, 3.8) is 0 Å². The van der Waals surface area contributed by atoms with Gasteiger partial charge in [-0.05, 0) is 19.1 Å². The second-order valence-corrected chi connectivity index (χ2v) is 5.02. The third-order valence-electron chi connectivity index (χ3n) is 3.37. The Morgan fingerprint density at radius 3 is 2.22 bits per heavy atom. The Hall–Kier alpha value is -3.04. The highest BCUT2D eigenvalue weighted by molar-refractivity contribution is 6.42. The summed E-state index contributed by atoms with van der Waals surface area (Å²) in [5.41, 5.74) is 10.1. The summed E-state index contributed by atoms with van der Waals surface area (Å²) in [7, 11) is 0. The second-order valence-electron chi connectivity index (χ2n) is 5.02. The van der Waals surface area contributed by atoms with Gasteiger partial charge in [0.15, 0.2) is 5.75 Å². The normalized spacial score (nSPS) is 12.2. The fraction of sp³-hybridized carbons (Fsp3) is 0.167. The zero-order valence-electron chi connectivity index (χ0n) is 13.0. The summed E-state index contributed by atoms with van der Waals surface area (Å²) in [6, 6.07) is 18.4. The molecule has 0 aromatic heterocycles. The van der Waals surface area contributed by atoms with Crippen LogP contribution in [0.4, 0.5) is 0 Å². The summed E-state index contributed by atoms with van der Waals surface area (Å²) >= 11 is 0. The Morgan fingerprint density at radius 2 is 1.65 bits per heavy atom. The zero-order valence-corrected chi connectivity index (χ0v) is 13.0. The molecule has 2 rings (SSSR count). The summed E-state index contributed by atoms with van der Waals surface area (Å²) in [5.74, 6) is -0.336. The minimum atomic E-state index is -0.600. The fourth-order valence-electron chi connectivity index (χ4n) is 2.06. The summed E-state index contributed by atoms with van der Waals surface area (Å²) in [5, 5.41) is 4.16. The van der Waals surface area contributed by atoms with E-state index in [4.69, 9.17) is 10.4 Å². The van der Waals surface area contributed by atoms with Gasteiger partial charge in [-0.25, -0.2) is 0 Å². The van der Waals surface area contributed by atoms with Crippen LogP contribution in [-0.4, -0.2) is 22.0 Å². The molecule has 2 aromatic carbocycles. The first-order valence-corrected chi connectivity index (χ1v) is 7.21. The summed E-state index contributed by atoms with van der Waals surface area (Å²) in [6.45, 7) is 3.16. The first-order valence-electron chi connectivity index (χ1n) is 7.21. The van der Waals surface area contributed by atoms with E-state index in [2.05, 4.69) is 9.95 Å². The molecule has 0 N–H and O–H groups in total. The van der Waals surface area contributed by atoms with Crippen LogP contribution < -0.4 is 4.84 Å². The van der Waals surface area contributed by atoms with Crippen LogP contribution in [0.5, 0.6) is 5.75 Å². The maximum atomic E-state index is 12.3. The van der Waals surface area contributed by atoms with Crippen LogP contribution in [0.2, 0.25) is 0 Å². The van der Waals surface area contributed by atoms with Crippen molar-refractivity contribution in [1.29, 1.82) is 0 Å². The molecule has 0 radical (unpaired) electrons. The molecule has 1 atom stereocenters. The summed E-state index contributed by atoms with van der Waals surface area (Å²) in [6.07, 6.45) is 0. The number of carbonyl (C=O) groups excluding carboxylic acids is 1. The number of nitrogens with zero attached hydrogens (tertiary/aromatic N) is 3. The van der Waals surface area contributed by atoms with Crippen molar-refractivity contribution in [2.45, 2.75) is 13.8 Å². The van der Waals surface area contributed by atoms with Crippen LogP contribution in [-0.2, 0) is 4.79 Å². The Morgan fingerprint density at radius 1 is 1.09 bits per heavy atom. The first kappa shape index (κ1) is 16.3. The smallest absolute Gasteiger partial charge is 0.332 e. The molecule has 0 aliphatic heterocycles. The predicted octanol–water partition coefficient (Wildman–Crippen LogP) is 3.37. The van der Waals surface area contributed by atoms with Crippen molar-refractivity contribution in [2.75, 3.05) is 0 Å². The molecule has 0 spiro atoms. The number of oxime groups is 1. The van der Waals surface area contributed by atoms with Gasteiger partial charge in [-0.3, -0.25) is 4.79 Å². The SMILES string of the molecule is CC(=[N+]=[N-])C(=O)C(C)/C(=N\Oc1ccccc1)c1ccccc1. The van der Waals surface area contributed by atoms with Gasteiger partial charge in [0.1, 0.15) is 0 Å². The number of hydrogen-bond acceptors (Lipinski definition) is 3. The zero-order chi connectivity index (χ0) is 16.7. The van der Waals surface area contributed by atoms with Gasteiger partial charge in [-0.15, -0.1) is 0 Å². The van der Waals surface area contributed by atoms with E-state index < -0.39 is 5.92 Å². The maximum Gasteiger partial charge on any atom is 0.332 e. The van der Waals surface area contributed by atoms with Crippen molar-refractivity contribution >= 4 is 17.2 Å². The number of para-hydroxylation sites is 1. The van der Waals surface area contributed by atoms with Crippen LogP contribution in [0.3, 0.4) is 0 Å². The highest BCUT2D eigenvalue weighted by atomic mass is 16.6. The molecular formula is C18H17N3O2. The van der Waals surface area contributed by atoms with E-state index in [1.165, 1.54) is 6.92 Å². The molecular weight excluding hydrogens is 290 g/mol. The molecule has 5 heteroatoms. The van der Waals surface area contributed by atoms with E-state index in [1.54, 1.807) is 19.1 Å². The minimum Gasteiger partial charge on any atom is -0.361 e. The lowest BCUT2D eigenvalue weighted by Gasteiger charge is -2.11. The van der Waals surface area contributed by atoms with E-state index in [-0.39, 0.29) is 11.5 Å². The fourth-order valence-corrected chi connectivity index (χ4v) is 2.06. The average Bonchev–Trinajstić information content (AvgIpc) is 2.62. The molecule has 0 heterocycles. The number of rotatable bonds is 6. The largest absolute Gasteiger partial charge is 0.361 e. The maximum absolute atomic E-state index is 12.3. The standard InChI is InChI=1S/C18H17N3O2/c1-13(18(22)14(2)20-19)17(15-9-5-3-6-10-15)21-23-16-11-7-4-8-12-16/h3-13H,1-2H3/b21-17+.